The minimum atomic E-state index is -1.08. The maximum absolute atomic E-state index is 12.1. The van der Waals surface area contributed by atoms with Gasteiger partial charge in [-0.2, -0.15) is 0 Å². The van der Waals surface area contributed by atoms with Crippen LogP contribution < -0.4 is 5.32 Å². The van der Waals surface area contributed by atoms with Crippen molar-refractivity contribution in [3.8, 4) is 0 Å². The van der Waals surface area contributed by atoms with Crippen molar-refractivity contribution in [2.45, 2.75) is 18.9 Å². The number of ether oxygens (including phenoxy) is 1. The van der Waals surface area contributed by atoms with Gasteiger partial charge in [0.1, 0.15) is 6.04 Å². The van der Waals surface area contributed by atoms with Gasteiger partial charge in [0.25, 0.3) is 0 Å². The number of H-pyrrole nitrogens is 1. The number of nitrogens with one attached hydrogen (secondary N) is 2. The molecule has 2 aromatic rings. The van der Waals surface area contributed by atoms with E-state index in [0.29, 0.717) is 5.02 Å². The van der Waals surface area contributed by atoms with Gasteiger partial charge in [-0.05, 0) is 23.8 Å². The third kappa shape index (κ3) is 3.99. The number of carbonyl (C=O) groups excluding carboxylic acids is 1. The van der Waals surface area contributed by atoms with Crippen molar-refractivity contribution in [2.75, 3.05) is 13.7 Å². The van der Waals surface area contributed by atoms with E-state index in [1.54, 1.807) is 18.3 Å². The van der Waals surface area contributed by atoms with E-state index in [9.17, 15) is 9.59 Å². The molecular formula is C15H17ClN2O4. The monoisotopic (exact) mass is 324 g/mol. The van der Waals surface area contributed by atoms with Gasteiger partial charge in [0.15, 0.2) is 0 Å². The average molecular weight is 325 g/mol. The quantitative estimate of drug-likeness (QED) is 0.726. The van der Waals surface area contributed by atoms with Crippen LogP contribution >= 0.6 is 11.6 Å². The highest BCUT2D eigenvalue weighted by molar-refractivity contribution is 6.31. The number of carboxylic acid groups (broad SMARTS) is 1. The number of hydrogen-bond acceptors (Lipinski definition) is 3. The molecule has 2 rings (SSSR count). The van der Waals surface area contributed by atoms with Crippen LogP contribution in [0.5, 0.6) is 0 Å². The molecular weight excluding hydrogens is 308 g/mol. The van der Waals surface area contributed by atoms with Gasteiger partial charge in [0, 0.05) is 42.3 Å². The van der Waals surface area contributed by atoms with Gasteiger partial charge < -0.3 is 20.1 Å². The summed E-state index contributed by atoms with van der Waals surface area (Å²) in [5, 5.41) is 13.0. The van der Waals surface area contributed by atoms with Gasteiger partial charge >= 0.3 is 5.97 Å². The second kappa shape index (κ2) is 7.29. The van der Waals surface area contributed by atoms with Crippen LogP contribution in [0.2, 0.25) is 5.02 Å². The average Bonchev–Trinajstić information content (AvgIpc) is 2.85. The van der Waals surface area contributed by atoms with Crippen LogP contribution in [0.3, 0.4) is 0 Å². The van der Waals surface area contributed by atoms with Crippen molar-refractivity contribution in [3.63, 3.8) is 0 Å². The summed E-state index contributed by atoms with van der Waals surface area (Å²) in [5.41, 5.74) is 1.65. The zero-order chi connectivity index (χ0) is 16.1. The fraction of sp³-hybridized carbons (Fsp3) is 0.333. The first-order chi connectivity index (χ1) is 10.5. The molecule has 0 radical (unpaired) electrons. The summed E-state index contributed by atoms with van der Waals surface area (Å²) in [5.74, 6) is -1.43. The largest absolute Gasteiger partial charge is 0.480 e. The van der Waals surface area contributed by atoms with Crippen LogP contribution in [0, 0.1) is 0 Å². The number of rotatable bonds is 7. The number of hydrogen-bond donors (Lipinski definition) is 3. The Bertz CT molecular complexity index is 683. The van der Waals surface area contributed by atoms with Crippen molar-refractivity contribution in [2.24, 2.45) is 0 Å². The summed E-state index contributed by atoms with van der Waals surface area (Å²) in [7, 11) is 1.48. The van der Waals surface area contributed by atoms with Crippen molar-refractivity contribution < 1.29 is 19.4 Å². The maximum atomic E-state index is 12.1. The Hall–Kier alpha value is -2.05. The standard InChI is InChI=1S/C15H17ClN2O4/c1-22-5-4-13(15(20)21)18-14(19)6-9-8-17-12-3-2-10(16)7-11(9)12/h2-3,7-8,13,17H,4-6H2,1H3,(H,18,19)(H,20,21). The highest BCUT2D eigenvalue weighted by atomic mass is 35.5. The molecule has 1 atom stereocenters. The molecule has 0 saturated carbocycles. The number of aromatic amines is 1. The predicted octanol–water partition coefficient (Wildman–Crippen LogP) is 1.97. The summed E-state index contributed by atoms with van der Waals surface area (Å²) in [6, 6.07) is 4.41. The number of halogens is 1. The minimum Gasteiger partial charge on any atom is -0.480 e. The Morgan fingerprint density at radius 2 is 2.23 bits per heavy atom. The molecule has 1 unspecified atom stereocenters. The molecule has 6 nitrogen and oxygen atoms in total. The molecule has 7 heteroatoms. The molecule has 1 aromatic heterocycles. The van der Waals surface area contributed by atoms with Gasteiger partial charge in [0.05, 0.1) is 6.42 Å². The summed E-state index contributed by atoms with van der Waals surface area (Å²) in [6.45, 7) is 0.264. The Kier molecular flexibility index (Phi) is 5.41. The number of benzene rings is 1. The van der Waals surface area contributed by atoms with Crippen LogP contribution in [0.25, 0.3) is 10.9 Å². The Morgan fingerprint density at radius 3 is 2.91 bits per heavy atom. The summed E-state index contributed by atoms with van der Waals surface area (Å²) >= 11 is 5.96. The highest BCUT2D eigenvalue weighted by Crippen LogP contribution is 2.22. The van der Waals surface area contributed by atoms with E-state index in [1.165, 1.54) is 7.11 Å². The van der Waals surface area contributed by atoms with Crippen molar-refractivity contribution in [1.82, 2.24) is 10.3 Å². The lowest BCUT2D eigenvalue weighted by atomic mass is 10.1. The van der Waals surface area contributed by atoms with E-state index in [-0.39, 0.29) is 25.4 Å². The van der Waals surface area contributed by atoms with Crippen molar-refractivity contribution >= 4 is 34.4 Å². The molecule has 0 aliphatic carbocycles. The van der Waals surface area contributed by atoms with Gasteiger partial charge in [-0.1, -0.05) is 11.6 Å². The maximum Gasteiger partial charge on any atom is 0.326 e. The number of amides is 1. The Labute approximate surface area is 132 Å². The van der Waals surface area contributed by atoms with Crippen LogP contribution in [0.4, 0.5) is 0 Å². The molecule has 0 aliphatic rings. The van der Waals surface area contributed by atoms with Gasteiger partial charge in [-0.3, -0.25) is 4.79 Å². The minimum absolute atomic E-state index is 0.0805. The molecule has 0 fully saturated rings. The van der Waals surface area contributed by atoms with E-state index in [1.807, 2.05) is 6.07 Å². The number of fused-ring (bicyclic) bond motifs is 1. The van der Waals surface area contributed by atoms with Crippen LogP contribution in [-0.4, -0.2) is 41.7 Å². The SMILES string of the molecule is COCCC(NC(=O)Cc1c[nH]c2ccc(Cl)cc12)C(=O)O. The molecule has 3 N–H and O–H groups in total. The lowest BCUT2D eigenvalue weighted by Crippen LogP contribution is -2.42. The third-order valence-electron chi connectivity index (χ3n) is 3.32. The summed E-state index contributed by atoms with van der Waals surface area (Å²) in [4.78, 5) is 26.2. The van der Waals surface area contributed by atoms with E-state index in [2.05, 4.69) is 10.3 Å². The molecule has 1 aromatic carbocycles. The third-order valence-corrected chi connectivity index (χ3v) is 3.56. The second-order valence-corrected chi connectivity index (χ2v) is 5.36. The first kappa shape index (κ1) is 16.3. The summed E-state index contributed by atoms with van der Waals surface area (Å²) in [6.07, 6.45) is 2.03. The lowest BCUT2D eigenvalue weighted by Gasteiger charge is -2.13. The topological polar surface area (TPSA) is 91.4 Å². The smallest absolute Gasteiger partial charge is 0.326 e. The molecule has 0 saturated heterocycles. The fourth-order valence-electron chi connectivity index (χ4n) is 2.21. The fourth-order valence-corrected chi connectivity index (χ4v) is 2.38. The molecule has 0 aliphatic heterocycles. The van der Waals surface area contributed by atoms with E-state index < -0.39 is 12.0 Å². The van der Waals surface area contributed by atoms with Gasteiger partial charge in [-0.15, -0.1) is 0 Å². The van der Waals surface area contributed by atoms with E-state index in [0.717, 1.165) is 16.5 Å². The number of methoxy groups -OCH3 is 1. The van der Waals surface area contributed by atoms with Crippen molar-refractivity contribution in [1.29, 1.82) is 0 Å². The van der Waals surface area contributed by atoms with Crippen LogP contribution in [-0.2, 0) is 20.7 Å². The highest BCUT2D eigenvalue weighted by Gasteiger charge is 2.20. The first-order valence-corrected chi connectivity index (χ1v) is 7.15. The van der Waals surface area contributed by atoms with Crippen LogP contribution in [0.1, 0.15) is 12.0 Å². The molecule has 22 heavy (non-hydrogen) atoms. The summed E-state index contributed by atoms with van der Waals surface area (Å²) < 4.78 is 4.85. The van der Waals surface area contributed by atoms with Crippen LogP contribution in [0.15, 0.2) is 24.4 Å². The van der Waals surface area contributed by atoms with Crippen molar-refractivity contribution in [3.05, 3.63) is 35.0 Å². The Balaban J connectivity index is 2.06. The van der Waals surface area contributed by atoms with E-state index in [4.69, 9.17) is 21.4 Å². The first-order valence-electron chi connectivity index (χ1n) is 6.78. The number of aromatic nitrogens is 1. The normalized spacial score (nSPS) is 12.3. The van der Waals surface area contributed by atoms with Gasteiger partial charge in [-0.25, -0.2) is 4.79 Å². The zero-order valence-electron chi connectivity index (χ0n) is 12.1. The zero-order valence-corrected chi connectivity index (χ0v) is 12.8. The number of aliphatic carboxylic acids is 1. The molecule has 118 valence electrons. The molecule has 1 heterocycles. The van der Waals surface area contributed by atoms with Gasteiger partial charge in [0.2, 0.25) is 5.91 Å². The molecule has 1 amide bonds. The lowest BCUT2D eigenvalue weighted by molar-refractivity contribution is -0.142. The predicted molar refractivity (Wildman–Crippen MR) is 83.1 cm³/mol. The molecule has 0 bridgehead atoms. The van der Waals surface area contributed by atoms with E-state index >= 15 is 0 Å². The number of carboxylic acids is 1. The molecule has 0 spiro atoms. The Morgan fingerprint density at radius 1 is 1.45 bits per heavy atom. The number of carbonyl (C=O) groups is 2. The second-order valence-electron chi connectivity index (χ2n) is 4.92.